The lowest BCUT2D eigenvalue weighted by molar-refractivity contribution is -0.182. The number of carboxylic acids is 1. The predicted octanol–water partition coefficient (Wildman–Crippen LogP) is 3.60. The van der Waals surface area contributed by atoms with Crippen molar-refractivity contribution in [3.05, 3.63) is 72.3 Å². The van der Waals surface area contributed by atoms with Gasteiger partial charge in [-0.2, -0.15) is 13.2 Å². The summed E-state index contributed by atoms with van der Waals surface area (Å²) in [6.45, 7) is 3.33. The van der Waals surface area contributed by atoms with Crippen molar-refractivity contribution in [2.75, 3.05) is 6.61 Å². The second kappa shape index (κ2) is 9.76. The van der Waals surface area contributed by atoms with Gasteiger partial charge in [0.15, 0.2) is 0 Å². The van der Waals surface area contributed by atoms with Crippen LogP contribution in [-0.2, 0) is 14.3 Å². The molecular formula is C23H21F3N2O5. The van der Waals surface area contributed by atoms with E-state index in [-0.39, 0.29) is 18.9 Å². The molecule has 3 N–H and O–H groups in total. The number of ether oxygens (including phenoxy) is 1. The zero-order valence-electron chi connectivity index (χ0n) is 17.3. The maximum Gasteiger partial charge on any atom is 0.419 e. The molecule has 0 saturated heterocycles. The van der Waals surface area contributed by atoms with Gasteiger partial charge in [-0.3, -0.25) is 4.79 Å². The molecule has 0 aliphatic heterocycles. The van der Waals surface area contributed by atoms with Gasteiger partial charge in [0.1, 0.15) is 12.6 Å². The first kappa shape index (κ1) is 23.8. The normalized spacial score (nSPS) is 14.4. The van der Waals surface area contributed by atoms with E-state index in [4.69, 9.17) is 9.84 Å². The van der Waals surface area contributed by atoms with Crippen LogP contribution in [0.3, 0.4) is 0 Å². The highest BCUT2D eigenvalue weighted by molar-refractivity contribution is 5.89. The van der Waals surface area contributed by atoms with Crippen molar-refractivity contribution in [1.29, 1.82) is 0 Å². The van der Waals surface area contributed by atoms with E-state index < -0.39 is 36.2 Å². The first-order valence-electron chi connectivity index (χ1n) is 9.95. The van der Waals surface area contributed by atoms with E-state index in [2.05, 4.69) is 11.9 Å². The van der Waals surface area contributed by atoms with E-state index in [9.17, 15) is 27.6 Å². The first-order valence-corrected chi connectivity index (χ1v) is 9.95. The van der Waals surface area contributed by atoms with Gasteiger partial charge in [-0.15, -0.1) is 6.58 Å². The van der Waals surface area contributed by atoms with Crippen LogP contribution in [0.15, 0.2) is 61.2 Å². The number of amides is 2. The molecule has 2 aromatic carbocycles. The van der Waals surface area contributed by atoms with Crippen molar-refractivity contribution in [3.63, 3.8) is 0 Å². The minimum absolute atomic E-state index is 0.0669. The Kier molecular flexibility index (Phi) is 7.05. The molecule has 33 heavy (non-hydrogen) atoms. The van der Waals surface area contributed by atoms with Crippen LogP contribution < -0.4 is 10.6 Å². The maximum absolute atomic E-state index is 12.9. The van der Waals surface area contributed by atoms with Gasteiger partial charge in [0.2, 0.25) is 11.9 Å². The van der Waals surface area contributed by atoms with Crippen LogP contribution in [0.5, 0.6) is 0 Å². The van der Waals surface area contributed by atoms with Crippen molar-refractivity contribution in [2.24, 2.45) is 0 Å². The van der Waals surface area contributed by atoms with Gasteiger partial charge >= 0.3 is 18.2 Å². The van der Waals surface area contributed by atoms with Crippen LogP contribution in [-0.4, -0.2) is 47.9 Å². The molecule has 7 nitrogen and oxygen atoms in total. The Morgan fingerprint density at radius 1 is 1.03 bits per heavy atom. The number of carbonyl (C=O) groups excluding carboxylic acids is 2. The van der Waals surface area contributed by atoms with Crippen LogP contribution in [0.1, 0.15) is 23.5 Å². The van der Waals surface area contributed by atoms with Crippen molar-refractivity contribution in [3.8, 4) is 11.1 Å². The number of rotatable bonds is 8. The highest BCUT2D eigenvalue weighted by atomic mass is 19.4. The number of carbonyl (C=O) groups is 3. The third-order valence-electron chi connectivity index (χ3n) is 5.22. The summed E-state index contributed by atoms with van der Waals surface area (Å²) in [5.41, 5.74) is 3.94. The monoisotopic (exact) mass is 462 g/mol. The zero-order valence-corrected chi connectivity index (χ0v) is 17.3. The van der Waals surface area contributed by atoms with E-state index in [1.54, 1.807) is 0 Å². The largest absolute Gasteiger partial charge is 0.479 e. The van der Waals surface area contributed by atoms with Crippen molar-refractivity contribution >= 4 is 18.0 Å². The molecule has 0 radical (unpaired) electrons. The Hall–Kier alpha value is -3.82. The maximum atomic E-state index is 12.9. The average Bonchev–Trinajstić information content (AvgIpc) is 3.08. The number of nitrogens with one attached hydrogen (secondary N) is 2. The van der Waals surface area contributed by atoms with Crippen LogP contribution in [0.2, 0.25) is 0 Å². The van der Waals surface area contributed by atoms with Crippen molar-refractivity contribution < 1.29 is 37.4 Å². The van der Waals surface area contributed by atoms with Gasteiger partial charge in [-0.05, 0) is 28.7 Å². The summed E-state index contributed by atoms with van der Waals surface area (Å²) in [7, 11) is 0. The number of hydrogen-bond acceptors (Lipinski definition) is 4. The summed E-state index contributed by atoms with van der Waals surface area (Å²) < 4.78 is 43.8. The van der Waals surface area contributed by atoms with Gasteiger partial charge in [-0.25, -0.2) is 9.59 Å². The molecule has 0 spiro atoms. The average molecular weight is 462 g/mol. The Morgan fingerprint density at radius 2 is 1.58 bits per heavy atom. The van der Waals surface area contributed by atoms with E-state index in [0.29, 0.717) is 0 Å². The van der Waals surface area contributed by atoms with E-state index in [1.807, 2.05) is 48.5 Å². The van der Waals surface area contributed by atoms with Crippen molar-refractivity contribution in [1.82, 2.24) is 10.6 Å². The van der Waals surface area contributed by atoms with Gasteiger partial charge in [0, 0.05) is 5.92 Å². The zero-order chi connectivity index (χ0) is 24.2. The van der Waals surface area contributed by atoms with E-state index in [0.717, 1.165) is 22.3 Å². The number of hydrogen-bond donors (Lipinski definition) is 3. The Bertz CT molecular complexity index is 1020. The number of fused-ring (bicyclic) bond motifs is 3. The van der Waals surface area contributed by atoms with E-state index in [1.165, 1.54) is 11.4 Å². The van der Waals surface area contributed by atoms with Gasteiger partial charge in [0.25, 0.3) is 0 Å². The van der Waals surface area contributed by atoms with Crippen LogP contribution >= 0.6 is 0 Å². The molecule has 1 aliphatic carbocycles. The fraction of sp³-hybridized carbons (Fsp3) is 0.261. The summed E-state index contributed by atoms with van der Waals surface area (Å²) in [4.78, 5) is 35.4. The fourth-order valence-electron chi connectivity index (χ4n) is 3.71. The molecule has 2 atom stereocenters. The number of halogens is 3. The SMILES string of the molecule is C=CCC(NC(=O)OCC1c2ccccc2-c2ccccc21)C(=O)NC(C(=O)O)C(F)(F)F. The summed E-state index contributed by atoms with van der Waals surface area (Å²) in [6.07, 6.45) is -5.26. The topological polar surface area (TPSA) is 105 Å². The molecule has 2 unspecified atom stereocenters. The number of alkyl carbamates (subject to hydrolysis) is 1. The molecule has 174 valence electrons. The van der Waals surface area contributed by atoms with Gasteiger partial charge in [0.05, 0.1) is 0 Å². The second-order valence-electron chi connectivity index (χ2n) is 7.37. The van der Waals surface area contributed by atoms with Crippen LogP contribution in [0.25, 0.3) is 11.1 Å². The molecule has 0 aromatic heterocycles. The molecule has 3 rings (SSSR count). The molecule has 2 aromatic rings. The molecule has 1 aliphatic rings. The third-order valence-corrected chi connectivity index (χ3v) is 5.22. The lowest BCUT2D eigenvalue weighted by Gasteiger charge is -2.22. The lowest BCUT2D eigenvalue weighted by Crippen LogP contribution is -2.56. The smallest absolute Gasteiger partial charge is 0.419 e. The molecule has 0 fully saturated rings. The fourth-order valence-corrected chi connectivity index (χ4v) is 3.71. The molecule has 0 heterocycles. The van der Waals surface area contributed by atoms with Gasteiger partial charge in [-0.1, -0.05) is 54.6 Å². The molecule has 0 bridgehead atoms. The number of aliphatic carboxylic acids is 1. The Morgan fingerprint density at radius 3 is 2.06 bits per heavy atom. The quantitative estimate of drug-likeness (QED) is 0.520. The van der Waals surface area contributed by atoms with E-state index >= 15 is 0 Å². The Balaban J connectivity index is 1.67. The minimum Gasteiger partial charge on any atom is -0.479 e. The van der Waals surface area contributed by atoms with Crippen LogP contribution in [0.4, 0.5) is 18.0 Å². The highest BCUT2D eigenvalue weighted by Crippen LogP contribution is 2.44. The number of alkyl halides is 3. The molecule has 10 heteroatoms. The standard InChI is InChI=1S/C23H21F3N2O5/c1-2-7-18(20(29)28-19(21(30)31)23(24,25)26)27-22(32)33-12-17-15-10-5-3-8-13(15)14-9-4-6-11-16(14)17/h2-6,8-11,17-19H,1,7,12H2,(H,27,32)(H,28,29)(H,30,31). The first-order chi connectivity index (χ1) is 15.6. The van der Waals surface area contributed by atoms with Crippen molar-refractivity contribution in [2.45, 2.75) is 30.6 Å². The predicted molar refractivity (Wildman–Crippen MR) is 112 cm³/mol. The summed E-state index contributed by atoms with van der Waals surface area (Å²) >= 11 is 0. The van der Waals surface area contributed by atoms with Gasteiger partial charge < -0.3 is 20.5 Å². The highest BCUT2D eigenvalue weighted by Gasteiger charge is 2.47. The number of carboxylic acid groups (broad SMARTS) is 1. The summed E-state index contributed by atoms with van der Waals surface area (Å²) in [5, 5.41) is 12.3. The molecule has 0 saturated carbocycles. The minimum atomic E-state index is -5.20. The summed E-state index contributed by atoms with van der Waals surface area (Å²) in [5.74, 6) is -3.85. The second-order valence-corrected chi connectivity index (χ2v) is 7.37. The summed E-state index contributed by atoms with van der Waals surface area (Å²) in [6, 6.07) is 10.7. The van der Waals surface area contributed by atoms with Crippen LogP contribution in [0, 0.1) is 0 Å². The number of benzene rings is 2. The molecule has 2 amide bonds. The lowest BCUT2D eigenvalue weighted by atomic mass is 9.98. The Labute approximate surface area is 187 Å². The molecular weight excluding hydrogens is 441 g/mol. The third kappa shape index (κ3) is 5.33.